The van der Waals surface area contributed by atoms with Crippen molar-refractivity contribution in [1.29, 1.82) is 0 Å². The average Bonchev–Trinajstić information content (AvgIpc) is 2.07. The number of hydrogen-bond donors (Lipinski definition) is 1. The van der Waals surface area contributed by atoms with Gasteiger partial charge in [0.25, 0.3) is 0 Å². The van der Waals surface area contributed by atoms with Gasteiger partial charge >= 0.3 is 6.61 Å². The van der Waals surface area contributed by atoms with Gasteiger partial charge in [-0.05, 0) is 31.0 Å². The Balaban J connectivity index is 2.90. The van der Waals surface area contributed by atoms with Gasteiger partial charge in [-0.3, -0.25) is 0 Å². The van der Waals surface area contributed by atoms with Crippen LogP contribution in [0.4, 0.5) is 8.78 Å². The summed E-state index contributed by atoms with van der Waals surface area (Å²) in [6, 6.07) is 4.85. The van der Waals surface area contributed by atoms with Gasteiger partial charge in [-0.1, -0.05) is 12.1 Å². The van der Waals surface area contributed by atoms with E-state index in [2.05, 4.69) is 4.74 Å². The predicted octanol–water partition coefficient (Wildman–Crippen LogP) is 2.62. The molecule has 0 aliphatic rings. The maximum Gasteiger partial charge on any atom is 0.387 e. The van der Waals surface area contributed by atoms with Crippen LogP contribution in [0.3, 0.4) is 0 Å². The second-order valence-corrected chi connectivity index (χ2v) is 3.19. The van der Waals surface area contributed by atoms with Crippen LogP contribution < -0.4 is 10.5 Å². The fourth-order valence-corrected chi connectivity index (χ4v) is 1.18. The van der Waals surface area contributed by atoms with Gasteiger partial charge in [-0.25, -0.2) is 0 Å². The number of halogens is 2. The zero-order chi connectivity index (χ0) is 10.7. The van der Waals surface area contributed by atoms with E-state index in [9.17, 15) is 8.78 Å². The first-order chi connectivity index (χ1) is 6.50. The molecule has 1 rings (SSSR count). The van der Waals surface area contributed by atoms with Crippen molar-refractivity contribution in [2.75, 3.05) is 0 Å². The molecular weight excluding hydrogens is 188 g/mol. The van der Waals surface area contributed by atoms with Gasteiger partial charge in [0.05, 0.1) is 0 Å². The maximum atomic E-state index is 11.9. The van der Waals surface area contributed by atoms with Crippen LogP contribution in [0, 0.1) is 6.92 Å². The van der Waals surface area contributed by atoms with Crippen molar-refractivity contribution in [3.8, 4) is 5.75 Å². The molecule has 0 saturated carbocycles. The Morgan fingerprint density at radius 1 is 1.36 bits per heavy atom. The summed E-state index contributed by atoms with van der Waals surface area (Å²) >= 11 is 0. The molecule has 0 aliphatic heterocycles. The summed E-state index contributed by atoms with van der Waals surface area (Å²) in [5, 5.41) is 0. The van der Waals surface area contributed by atoms with Gasteiger partial charge in [-0.2, -0.15) is 8.78 Å². The van der Waals surface area contributed by atoms with E-state index >= 15 is 0 Å². The van der Waals surface area contributed by atoms with Crippen LogP contribution in [0.1, 0.15) is 24.1 Å². The average molecular weight is 201 g/mol. The molecule has 2 N–H and O–H groups in total. The largest absolute Gasteiger partial charge is 0.435 e. The third-order valence-corrected chi connectivity index (χ3v) is 1.94. The van der Waals surface area contributed by atoms with E-state index in [0.29, 0.717) is 5.56 Å². The monoisotopic (exact) mass is 201 g/mol. The lowest BCUT2D eigenvalue weighted by Crippen LogP contribution is -2.07. The minimum absolute atomic E-state index is 0.103. The lowest BCUT2D eigenvalue weighted by molar-refractivity contribution is -0.0503. The Morgan fingerprint density at radius 2 is 2.00 bits per heavy atom. The smallest absolute Gasteiger partial charge is 0.387 e. The van der Waals surface area contributed by atoms with E-state index in [0.717, 1.165) is 5.56 Å². The van der Waals surface area contributed by atoms with E-state index < -0.39 is 6.61 Å². The lowest BCUT2D eigenvalue weighted by Gasteiger charge is -2.11. The molecule has 2 nitrogen and oxygen atoms in total. The van der Waals surface area contributed by atoms with E-state index in [1.807, 2.05) is 6.92 Å². The van der Waals surface area contributed by atoms with Gasteiger partial charge in [-0.15, -0.1) is 0 Å². The highest BCUT2D eigenvalue weighted by Gasteiger charge is 2.08. The highest BCUT2D eigenvalue weighted by Crippen LogP contribution is 2.23. The fraction of sp³-hybridized carbons (Fsp3) is 0.400. The van der Waals surface area contributed by atoms with Crippen molar-refractivity contribution >= 4 is 0 Å². The fourth-order valence-electron chi connectivity index (χ4n) is 1.18. The molecule has 4 heteroatoms. The standard InChI is InChI=1S/C10H13F2NO/c1-6-5-8(7(2)13)3-4-9(6)14-10(11)12/h3-5,7,10H,13H2,1-2H3. The van der Waals surface area contributed by atoms with Crippen molar-refractivity contribution in [2.24, 2.45) is 5.73 Å². The normalized spacial score (nSPS) is 13.0. The van der Waals surface area contributed by atoms with Crippen molar-refractivity contribution in [2.45, 2.75) is 26.5 Å². The molecule has 0 heterocycles. The third-order valence-electron chi connectivity index (χ3n) is 1.94. The topological polar surface area (TPSA) is 35.2 Å². The second kappa shape index (κ2) is 4.37. The number of ether oxygens (including phenoxy) is 1. The lowest BCUT2D eigenvalue weighted by atomic mass is 10.1. The second-order valence-electron chi connectivity index (χ2n) is 3.19. The molecule has 1 atom stereocenters. The first kappa shape index (κ1) is 10.9. The molecule has 1 aromatic carbocycles. The molecular formula is C10H13F2NO. The minimum Gasteiger partial charge on any atom is -0.435 e. The molecule has 1 unspecified atom stereocenters. The highest BCUT2D eigenvalue weighted by atomic mass is 19.3. The van der Waals surface area contributed by atoms with Gasteiger partial charge in [0, 0.05) is 6.04 Å². The van der Waals surface area contributed by atoms with Crippen molar-refractivity contribution in [1.82, 2.24) is 0 Å². The Labute approximate surface area is 81.7 Å². The van der Waals surface area contributed by atoms with Gasteiger partial charge in [0.15, 0.2) is 0 Å². The summed E-state index contributed by atoms with van der Waals surface area (Å²) in [4.78, 5) is 0. The first-order valence-electron chi connectivity index (χ1n) is 4.31. The van der Waals surface area contributed by atoms with Crippen molar-refractivity contribution in [3.05, 3.63) is 29.3 Å². The van der Waals surface area contributed by atoms with Crippen LogP contribution in [0.2, 0.25) is 0 Å². The molecule has 0 saturated heterocycles. The molecule has 78 valence electrons. The van der Waals surface area contributed by atoms with Gasteiger partial charge in [0.1, 0.15) is 5.75 Å². The number of alkyl halides is 2. The number of hydrogen-bond acceptors (Lipinski definition) is 2. The molecule has 1 aromatic rings. The molecule has 0 bridgehead atoms. The summed E-state index contributed by atoms with van der Waals surface area (Å²) in [7, 11) is 0. The van der Waals surface area contributed by atoms with Gasteiger partial charge in [0.2, 0.25) is 0 Å². The van der Waals surface area contributed by atoms with Crippen LogP contribution in [-0.2, 0) is 0 Å². The van der Waals surface area contributed by atoms with Crippen molar-refractivity contribution < 1.29 is 13.5 Å². The van der Waals surface area contributed by atoms with Crippen LogP contribution in [0.25, 0.3) is 0 Å². The Kier molecular flexibility index (Phi) is 3.41. The Hall–Kier alpha value is -1.16. The summed E-state index contributed by atoms with van der Waals surface area (Å²) < 4.78 is 28.1. The molecule has 0 aromatic heterocycles. The molecule has 0 radical (unpaired) electrons. The molecule has 0 spiro atoms. The van der Waals surface area contributed by atoms with Crippen LogP contribution >= 0.6 is 0 Å². The quantitative estimate of drug-likeness (QED) is 0.815. The maximum absolute atomic E-state index is 11.9. The first-order valence-corrected chi connectivity index (χ1v) is 4.31. The zero-order valence-electron chi connectivity index (χ0n) is 8.13. The van der Waals surface area contributed by atoms with E-state index in [4.69, 9.17) is 5.73 Å². The number of nitrogens with two attached hydrogens (primary N) is 1. The summed E-state index contributed by atoms with van der Waals surface area (Å²) in [6.45, 7) is 0.765. The van der Waals surface area contributed by atoms with Crippen LogP contribution in [0.15, 0.2) is 18.2 Å². The number of rotatable bonds is 3. The third kappa shape index (κ3) is 2.67. The Bertz CT molecular complexity index is 313. The zero-order valence-corrected chi connectivity index (χ0v) is 8.13. The molecule has 0 amide bonds. The minimum atomic E-state index is -2.78. The molecule has 0 aliphatic carbocycles. The van der Waals surface area contributed by atoms with E-state index in [-0.39, 0.29) is 11.8 Å². The number of aryl methyl sites for hydroxylation is 1. The Morgan fingerprint density at radius 3 is 2.43 bits per heavy atom. The van der Waals surface area contributed by atoms with E-state index in [1.54, 1.807) is 19.1 Å². The number of benzene rings is 1. The highest BCUT2D eigenvalue weighted by molar-refractivity contribution is 5.37. The molecule has 0 fully saturated rings. The van der Waals surface area contributed by atoms with Crippen LogP contribution in [0.5, 0.6) is 5.75 Å². The predicted molar refractivity (Wildman–Crippen MR) is 50.4 cm³/mol. The molecule has 14 heavy (non-hydrogen) atoms. The summed E-state index contributed by atoms with van der Waals surface area (Å²) in [5.74, 6) is 0.199. The van der Waals surface area contributed by atoms with Crippen molar-refractivity contribution in [3.63, 3.8) is 0 Å². The summed E-state index contributed by atoms with van der Waals surface area (Å²) in [5.41, 5.74) is 7.22. The van der Waals surface area contributed by atoms with Crippen LogP contribution in [-0.4, -0.2) is 6.61 Å². The van der Waals surface area contributed by atoms with E-state index in [1.165, 1.54) is 6.07 Å². The SMILES string of the molecule is Cc1cc(C(C)N)ccc1OC(F)F. The van der Waals surface area contributed by atoms with Gasteiger partial charge < -0.3 is 10.5 Å². The summed E-state index contributed by atoms with van der Waals surface area (Å²) in [6.07, 6.45) is 0.